The molecule has 0 atom stereocenters. The van der Waals surface area contributed by atoms with Gasteiger partial charge in [0.2, 0.25) is 0 Å². The van der Waals surface area contributed by atoms with Gasteiger partial charge in [-0.15, -0.1) is 0 Å². The predicted octanol–water partition coefficient (Wildman–Crippen LogP) is 5.17. The third kappa shape index (κ3) is 5.38. The highest BCUT2D eigenvalue weighted by atomic mass is 35.5. The van der Waals surface area contributed by atoms with Gasteiger partial charge in [0, 0.05) is 21.8 Å². The summed E-state index contributed by atoms with van der Waals surface area (Å²) in [5.41, 5.74) is 1.82. The molecule has 0 radical (unpaired) electrons. The number of para-hydroxylation sites is 1. The first-order chi connectivity index (χ1) is 14.1. The fourth-order valence-corrected chi connectivity index (χ4v) is 2.74. The van der Waals surface area contributed by atoms with Crippen LogP contribution in [-0.2, 0) is 11.4 Å². The van der Waals surface area contributed by atoms with E-state index in [2.05, 4.69) is 5.32 Å². The molecule has 3 aromatic carbocycles. The minimum atomic E-state index is -0.556. The Kier molecular flexibility index (Phi) is 6.51. The average molecular weight is 405 g/mol. The molecule has 0 aliphatic carbocycles. The zero-order chi connectivity index (χ0) is 20.6. The van der Waals surface area contributed by atoms with Crippen LogP contribution in [0.15, 0.2) is 78.4 Å². The van der Waals surface area contributed by atoms with Crippen LogP contribution in [0.2, 0.25) is 5.02 Å². The Hall–Kier alpha value is -3.75. The van der Waals surface area contributed by atoms with E-state index in [1.54, 1.807) is 36.4 Å². The van der Waals surface area contributed by atoms with Crippen molar-refractivity contribution in [1.82, 2.24) is 0 Å². The van der Waals surface area contributed by atoms with Crippen molar-refractivity contribution in [1.29, 1.82) is 5.26 Å². The molecule has 0 aliphatic heterocycles. The van der Waals surface area contributed by atoms with Crippen LogP contribution < -0.4 is 10.1 Å². The van der Waals surface area contributed by atoms with Gasteiger partial charge in [-0.25, -0.2) is 0 Å². The lowest BCUT2D eigenvalue weighted by Gasteiger charge is -2.11. The third-order valence-electron chi connectivity index (χ3n) is 4.05. The number of nitrogens with zero attached hydrogens (tertiary/aromatic N) is 1. The van der Waals surface area contributed by atoms with Gasteiger partial charge in [-0.2, -0.15) is 5.26 Å². The number of anilines is 1. The quantitative estimate of drug-likeness (QED) is 0.337. The minimum absolute atomic E-state index is 0.0770. The summed E-state index contributed by atoms with van der Waals surface area (Å²) in [4.78, 5) is 12.4. The van der Waals surface area contributed by atoms with Crippen LogP contribution in [-0.4, -0.2) is 11.0 Å². The molecule has 0 heterocycles. The van der Waals surface area contributed by atoms with E-state index in [1.165, 1.54) is 18.2 Å². The summed E-state index contributed by atoms with van der Waals surface area (Å²) in [7, 11) is 0. The zero-order valence-corrected chi connectivity index (χ0v) is 16.1. The number of hydrogen-bond donors (Lipinski definition) is 2. The summed E-state index contributed by atoms with van der Waals surface area (Å²) < 4.78 is 5.86. The van der Waals surface area contributed by atoms with Crippen LogP contribution in [0.5, 0.6) is 11.5 Å². The van der Waals surface area contributed by atoms with Gasteiger partial charge in [0.1, 0.15) is 29.7 Å². The van der Waals surface area contributed by atoms with Crippen molar-refractivity contribution in [2.75, 3.05) is 5.32 Å². The molecule has 0 spiro atoms. The maximum Gasteiger partial charge on any atom is 0.266 e. The lowest BCUT2D eigenvalue weighted by molar-refractivity contribution is -0.112. The summed E-state index contributed by atoms with van der Waals surface area (Å²) in [6.45, 7) is 0.256. The first kappa shape index (κ1) is 20.0. The first-order valence-corrected chi connectivity index (χ1v) is 9.12. The molecule has 0 saturated heterocycles. The van der Waals surface area contributed by atoms with Gasteiger partial charge in [0.25, 0.3) is 5.91 Å². The van der Waals surface area contributed by atoms with Gasteiger partial charge in [0.05, 0.1) is 0 Å². The highest BCUT2D eigenvalue weighted by Gasteiger charge is 2.12. The van der Waals surface area contributed by atoms with E-state index in [0.717, 1.165) is 5.56 Å². The second-order valence-corrected chi connectivity index (χ2v) is 6.50. The Morgan fingerprint density at radius 1 is 1.07 bits per heavy atom. The van der Waals surface area contributed by atoms with Gasteiger partial charge in [0.15, 0.2) is 0 Å². The van der Waals surface area contributed by atoms with E-state index in [1.807, 2.05) is 30.3 Å². The molecule has 0 saturated carbocycles. The molecule has 144 valence electrons. The summed E-state index contributed by atoms with van der Waals surface area (Å²) >= 11 is 6.16. The Balaban J connectivity index is 1.78. The number of rotatable bonds is 6. The topological polar surface area (TPSA) is 82.3 Å². The standard InChI is InChI=1S/C23H17ClN2O3/c24-21-7-3-1-6-17(21)15-29-22-8-4-2-5-16(22)13-18(14-25)23(28)26-19-9-11-20(27)12-10-19/h1-13,27H,15H2,(H,26,28)/b18-13+. The summed E-state index contributed by atoms with van der Waals surface area (Å²) in [6.07, 6.45) is 1.47. The van der Waals surface area contributed by atoms with Gasteiger partial charge in [-0.1, -0.05) is 48.0 Å². The van der Waals surface area contributed by atoms with E-state index in [0.29, 0.717) is 22.0 Å². The molecule has 29 heavy (non-hydrogen) atoms. The molecular weight excluding hydrogens is 388 g/mol. The van der Waals surface area contributed by atoms with Crippen LogP contribution in [0.4, 0.5) is 5.69 Å². The number of carbonyl (C=O) groups is 1. The van der Waals surface area contributed by atoms with Crippen LogP contribution in [0.25, 0.3) is 6.08 Å². The SMILES string of the molecule is N#C/C(=C\c1ccccc1OCc1ccccc1Cl)C(=O)Nc1ccc(O)cc1. The fraction of sp³-hybridized carbons (Fsp3) is 0.0435. The van der Waals surface area contributed by atoms with Crippen LogP contribution in [0.3, 0.4) is 0 Å². The molecule has 3 aromatic rings. The van der Waals surface area contributed by atoms with Gasteiger partial charge in [-0.05, 0) is 42.5 Å². The Labute approximate surface area is 173 Å². The van der Waals surface area contributed by atoms with Crippen molar-refractivity contribution in [3.63, 3.8) is 0 Å². The predicted molar refractivity (Wildman–Crippen MR) is 113 cm³/mol. The van der Waals surface area contributed by atoms with Crippen LogP contribution in [0, 0.1) is 11.3 Å². The maximum absolute atomic E-state index is 12.4. The molecule has 1 amide bonds. The number of carbonyl (C=O) groups excluding carboxylic acids is 1. The number of halogens is 1. The summed E-state index contributed by atoms with van der Waals surface area (Å²) in [5, 5.41) is 22.0. The van der Waals surface area contributed by atoms with Gasteiger partial charge in [-0.3, -0.25) is 4.79 Å². The number of aromatic hydroxyl groups is 1. The number of phenolic OH excluding ortho intramolecular Hbond substituents is 1. The molecule has 5 nitrogen and oxygen atoms in total. The van der Waals surface area contributed by atoms with Crippen LogP contribution >= 0.6 is 11.6 Å². The molecule has 0 fully saturated rings. The monoisotopic (exact) mass is 404 g/mol. The normalized spacial score (nSPS) is 10.8. The number of amides is 1. The van der Waals surface area contributed by atoms with Crippen molar-refractivity contribution in [3.05, 3.63) is 94.5 Å². The molecule has 0 aliphatic rings. The Bertz CT molecular complexity index is 1090. The summed E-state index contributed by atoms with van der Waals surface area (Å²) in [6, 6.07) is 22.4. The fourth-order valence-electron chi connectivity index (χ4n) is 2.55. The van der Waals surface area contributed by atoms with Crippen molar-refractivity contribution in [2.45, 2.75) is 6.61 Å². The zero-order valence-electron chi connectivity index (χ0n) is 15.3. The number of nitriles is 1. The smallest absolute Gasteiger partial charge is 0.266 e. The second-order valence-electron chi connectivity index (χ2n) is 6.09. The Morgan fingerprint density at radius 2 is 1.76 bits per heavy atom. The number of phenols is 1. The molecule has 0 unspecified atom stereocenters. The number of ether oxygens (including phenoxy) is 1. The molecule has 3 rings (SSSR count). The molecule has 6 heteroatoms. The number of benzene rings is 3. The lowest BCUT2D eigenvalue weighted by Crippen LogP contribution is -2.13. The highest BCUT2D eigenvalue weighted by molar-refractivity contribution is 6.31. The van der Waals surface area contributed by atoms with E-state index in [4.69, 9.17) is 16.3 Å². The van der Waals surface area contributed by atoms with Gasteiger partial charge < -0.3 is 15.2 Å². The lowest BCUT2D eigenvalue weighted by atomic mass is 10.1. The van der Waals surface area contributed by atoms with E-state index in [9.17, 15) is 15.2 Å². The molecule has 0 bridgehead atoms. The first-order valence-electron chi connectivity index (χ1n) is 8.74. The summed E-state index contributed by atoms with van der Waals surface area (Å²) in [5.74, 6) is 0.0559. The third-order valence-corrected chi connectivity index (χ3v) is 4.42. The van der Waals surface area contributed by atoms with Gasteiger partial charge >= 0.3 is 0 Å². The molecular formula is C23H17ClN2O3. The van der Waals surface area contributed by atoms with E-state index in [-0.39, 0.29) is 17.9 Å². The Morgan fingerprint density at radius 3 is 2.48 bits per heavy atom. The van der Waals surface area contributed by atoms with Crippen molar-refractivity contribution < 1.29 is 14.6 Å². The minimum Gasteiger partial charge on any atom is -0.508 e. The van der Waals surface area contributed by atoms with E-state index >= 15 is 0 Å². The number of hydrogen-bond acceptors (Lipinski definition) is 4. The van der Waals surface area contributed by atoms with Crippen molar-refractivity contribution in [2.24, 2.45) is 0 Å². The maximum atomic E-state index is 12.4. The second kappa shape index (κ2) is 9.45. The van der Waals surface area contributed by atoms with Crippen molar-refractivity contribution >= 4 is 29.3 Å². The molecule has 2 N–H and O–H groups in total. The number of nitrogens with one attached hydrogen (secondary N) is 1. The van der Waals surface area contributed by atoms with E-state index < -0.39 is 5.91 Å². The highest BCUT2D eigenvalue weighted by Crippen LogP contribution is 2.24. The largest absolute Gasteiger partial charge is 0.508 e. The average Bonchev–Trinajstić information content (AvgIpc) is 2.73. The van der Waals surface area contributed by atoms with Crippen LogP contribution in [0.1, 0.15) is 11.1 Å². The molecule has 0 aromatic heterocycles. The van der Waals surface area contributed by atoms with Crippen molar-refractivity contribution in [3.8, 4) is 17.6 Å².